The number of likely N-dealkylation sites (tertiary alicyclic amines) is 1. The molecule has 0 radical (unpaired) electrons. The summed E-state index contributed by atoms with van der Waals surface area (Å²) in [7, 11) is 0. The molecule has 2 aliphatic rings. The SMILES string of the molecule is Cl.O=C(C1CC1)N1CCC(NCc2ccc(-c3cccc(Br)c3)s2)CC1. The highest BCUT2D eigenvalue weighted by Gasteiger charge is 2.34. The molecule has 1 aliphatic heterocycles. The van der Waals surface area contributed by atoms with Crippen molar-refractivity contribution in [2.75, 3.05) is 13.1 Å². The van der Waals surface area contributed by atoms with Crippen molar-refractivity contribution in [1.82, 2.24) is 10.2 Å². The van der Waals surface area contributed by atoms with E-state index in [1.807, 2.05) is 11.3 Å². The third-order valence-electron chi connectivity index (χ3n) is 5.07. The summed E-state index contributed by atoms with van der Waals surface area (Å²) >= 11 is 5.39. The summed E-state index contributed by atoms with van der Waals surface area (Å²) in [5, 5.41) is 3.68. The fraction of sp³-hybridized carbons (Fsp3) is 0.450. The van der Waals surface area contributed by atoms with Crippen LogP contribution in [0.25, 0.3) is 10.4 Å². The summed E-state index contributed by atoms with van der Waals surface area (Å²) in [6.45, 7) is 2.75. The van der Waals surface area contributed by atoms with Crippen molar-refractivity contribution in [3.63, 3.8) is 0 Å². The van der Waals surface area contributed by atoms with Crippen molar-refractivity contribution in [3.05, 3.63) is 45.7 Å². The summed E-state index contributed by atoms with van der Waals surface area (Å²) in [4.78, 5) is 16.9. The largest absolute Gasteiger partial charge is 0.342 e. The topological polar surface area (TPSA) is 32.3 Å². The molecule has 0 spiro atoms. The second-order valence-corrected chi connectivity index (χ2v) is 9.12. The number of carbonyl (C=O) groups excluding carboxylic acids is 1. The van der Waals surface area contributed by atoms with E-state index in [0.29, 0.717) is 17.9 Å². The van der Waals surface area contributed by atoms with Gasteiger partial charge in [-0.1, -0.05) is 28.1 Å². The maximum absolute atomic E-state index is 12.1. The number of hydrogen-bond donors (Lipinski definition) is 1. The molecule has 1 amide bonds. The third-order valence-corrected chi connectivity index (χ3v) is 6.70. The van der Waals surface area contributed by atoms with Crippen LogP contribution in [-0.2, 0) is 11.3 Å². The number of nitrogens with zero attached hydrogens (tertiary/aromatic N) is 1. The summed E-state index contributed by atoms with van der Waals surface area (Å²) in [5.74, 6) is 0.752. The Morgan fingerprint density at radius 1 is 1.15 bits per heavy atom. The van der Waals surface area contributed by atoms with Crippen LogP contribution in [0, 0.1) is 5.92 Å². The lowest BCUT2D eigenvalue weighted by Gasteiger charge is -2.32. The van der Waals surface area contributed by atoms with Crippen LogP contribution in [0.3, 0.4) is 0 Å². The number of hydrogen-bond acceptors (Lipinski definition) is 3. The highest BCUT2D eigenvalue weighted by atomic mass is 79.9. The van der Waals surface area contributed by atoms with Gasteiger partial charge in [-0.2, -0.15) is 0 Å². The van der Waals surface area contributed by atoms with Crippen molar-refractivity contribution in [2.45, 2.75) is 38.3 Å². The number of halogens is 2. The monoisotopic (exact) mass is 454 g/mol. The summed E-state index contributed by atoms with van der Waals surface area (Å²) in [6, 6.07) is 13.4. The van der Waals surface area contributed by atoms with Gasteiger partial charge in [-0.25, -0.2) is 0 Å². The smallest absolute Gasteiger partial charge is 0.225 e. The quantitative estimate of drug-likeness (QED) is 0.681. The van der Waals surface area contributed by atoms with E-state index in [1.54, 1.807) is 0 Å². The van der Waals surface area contributed by atoms with Crippen LogP contribution >= 0.6 is 39.7 Å². The average Bonchev–Trinajstić information content (AvgIpc) is 3.38. The second-order valence-electron chi connectivity index (χ2n) is 7.03. The standard InChI is InChI=1S/C20H23BrN2OS.ClH/c21-16-3-1-2-15(12-16)19-7-6-18(25-19)13-22-17-8-10-23(11-9-17)20(24)14-4-5-14;/h1-3,6-7,12,14,17,22H,4-5,8-11,13H2;1H. The minimum absolute atomic E-state index is 0. The van der Waals surface area contributed by atoms with Crippen LogP contribution in [0.1, 0.15) is 30.6 Å². The predicted molar refractivity (Wildman–Crippen MR) is 114 cm³/mol. The van der Waals surface area contributed by atoms with Crippen LogP contribution in [-0.4, -0.2) is 29.9 Å². The van der Waals surface area contributed by atoms with Gasteiger partial charge in [0.1, 0.15) is 0 Å². The highest BCUT2D eigenvalue weighted by Crippen LogP contribution is 2.32. The molecule has 0 bridgehead atoms. The molecule has 1 aromatic heterocycles. The zero-order valence-electron chi connectivity index (χ0n) is 14.6. The Labute approximate surface area is 173 Å². The van der Waals surface area contributed by atoms with Crippen LogP contribution < -0.4 is 5.32 Å². The Morgan fingerprint density at radius 3 is 2.62 bits per heavy atom. The van der Waals surface area contributed by atoms with E-state index in [2.05, 4.69) is 62.5 Å². The molecule has 1 saturated heterocycles. The van der Waals surface area contributed by atoms with Crippen molar-refractivity contribution < 1.29 is 4.79 Å². The van der Waals surface area contributed by atoms with Gasteiger partial charge in [0.25, 0.3) is 0 Å². The van der Waals surface area contributed by atoms with Gasteiger partial charge in [-0.05, 0) is 55.5 Å². The molecule has 4 rings (SSSR count). The fourth-order valence-electron chi connectivity index (χ4n) is 3.41. The maximum Gasteiger partial charge on any atom is 0.225 e. The molecule has 140 valence electrons. The third kappa shape index (κ3) is 4.89. The Morgan fingerprint density at radius 2 is 1.92 bits per heavy atom. The van der Waals surface area contributed by atoms with Crippen molar-refractivity contribution >= 4 is 45.6 Å². The molecule has 2 fully saturated rings. The first kappa shape index (κ1) is 19.9. The zero-order valence-corrected chi connectivity index (χ0v) is 17.8. The number of benzene rings is 1. The normalized spacial score (nSPS) is 17.8. The minimum Gasteiger partial charge on any atom is -0.342 e. The minimum atomic E-state index is 0. The maximum atomic E-state index is 12.1. The van der Waals surface area contributed by atoms with E-state index in [-0.39, 0.29) is 12.4 Å². The van der Waals surface area contributed by atoms with Gasteiger partial charge >= 0.3 is 0 Å². The van der Waals surface area contributed by atoms with Gasteiger partial charge in [-0.3, -0.25) is 4.79 Å². The highest BCUT2D eigenvalue weighted by molar-refractivity contribution is 9.10. The van der Waals surface area contributed by atoms with Crippen molar-refractivity contribution in [3.8, 4) is 10.4 Å². The lowest BCUT2D eigenvalue weighted by molar-refractivity contribution is -0.133. The number of thiophene rings is 1. The summed E-state index contributed by atoms with van der Waals surface area (Å²) in [5.41, 5.74) is 1.26. The van der Waals surface area contributed by atoms with Gasteiger partial charge in [0.2, 0.25) is 5.91 Å². The van der Waals surface area contributed by atoms with E-state index in [9.17, 15) is 4.79 Å². The molecule has 1 aromatic carbocycles. The zero-order chi connectivity index (χ0) is 17.2. The summed E-state index contributed by atoms with van der Waals surface area (Å²) < 4.78 is 1.12. The molecular weight excluding hydrogens is 432 g/mol. The molecule has 1 N–H and O–H groups in total. The van der Waals surface area contributed by atoms with E-state index in [4.69, 9.17) is 0 Å². The van der Waals surface area contributed by atoms with Crippen LogP contribution in [0.15, 0.2) is 40.9 Å². The van der Waals surface area contributed by atoms with Crippen molar-refractivity contribution in [2.24, 2.45) is 5.92 Å². The van der Waals surface area contributed by atoms with Crippen LogP contribution in [0.4, 0.5) is 0 Å². The van der Waals surface area contributed by atoms with Gasteiger partial charge in [0.05, 0.1) is 0 Å². The van der Waals surface area contributed by atoms with Gasteiger partial charge in [-0.15, -0.1) is 23.7 Å². The molecule has 26 heavy (non-hydrogen) atoms. The first-order valence-corrected chi connectivity index (χ1v) is 10.7. The van der Waals surface area contributed by atoms with Gasteiger partial charge in [0, 0.05) is 45.8 Å². The lowest BCUT2D eigenvalue weighted by Crippen LogP contribution is -2.45. The van der Waals surface area contributed by atoms with E-state index in [1.165, 1.54) is 15.3 Å². The molecule has 2 heterocycles. The number of rotatable bonds is 5. The Bertz CT molecular complexity index is 754. The molecule has 6 heteroatoms. The molecule has 0 atom stereocenters. The Balaban J connectivity index is 0.00000196. The van der Waals surface area contributed by atoms with Crippen LogP contribution in [0.5, 0.6) is 0 Å². The predicted octanol–water partition coefficient (Wildman–Crippen LogP) is 5.09. The van der Waals surface area contributed by atoms with Gasteiger partial charge < -0.3 is 10.2 Å². The molecular formula is C20H24BrClN2OS. The average molecular weight is 456 g/mol. The summed E-state index contributed by atoms with van der Waals surface area (Å²) in [6.07, 6.45) is 4.36. The molecule has 0 unspecified atom stereocenters. The Kier molecular flexibility index (Phi) is 6.78. The molecule has 1 saturated carbocycles. The number of carbonyl (C=O) groups is 1. The van der Waals surface area contributed by atoms with E-state index < -0.39 is 0 Å². The lowest BCUT2D eigenvalue weighted by atomic mass is 10.0. The van der Waals surface area contributed by atoms with Crippen LogP contribution in [0.2, 0.25) is 0 Å². The first-order valence-electron chi connectivity index (χ1n) is 9.06. The van der Waals surface area contributed by atoms with E-state index in [0.717, 1.165) is 49.8 Å². The van der Waals surface area contributed by atoms with Crippen molar-refractivity contribution in [1.29, 1.82) is 0 Å². The fourth-order valence-corrected chi connectivity index (χ4v) is 4.76. The number of amides is 1. The second kappa shape index (κ2) is 8.87. The Hall–Kier alpha value is -0.880. The first-order chi connectivity index (χ1) is 12.2. The number of nitrogens with one attached hydrogen (secondary N) is 1. The molecule has 1 aliphatic carbocycles. The van der Waals surface area contributed by atoms with Gasteiger partial charge in [0.15, 0.2) is 0 Å². The number of piperidine rings is 1. The molecule has 3 nitrogen and oxygen atoms in total. The molecule has 2 aromatic rings. The van der Waals surface area contributed by atoms with E-state index >= 15 is 0 Å².